The average Bonchev–Trinajstić information content (AvgIpc) is 2.47. The van der Waals surface area contributed by atoms with Crippen LogP contribution < -0.4 is 5.32 Å². The number of nitrogens with one attached hydrogen (secondary N) is 1. The van der Waals surface area contributed by atoms with E-state index in [4.69, 9.17) is 0 Å². The molecule has 1 N–H and O–H groups in total. The molecule has 20 heavy (non-hydrogen) atoms. The molecule has 1 heterocycles. The smallest absolute Gasteiger partial charge is 0.230 e. The lowest BCUT2D eigenvalue weighted by Crippen LogP contribution is -2.28. The van der Waals surface area contributed by atoms with Crippen molar-refractivity contribution >= 4 is 17.7 Å². The van der Waals surface area contributed by atoms with Crippen molar-refractivity contribution in [1.82, 2.24) is 10.3 Å². The van der Waals surface area contributed by atoms with Gasteiger partial charge in [0.1, 0.15) is 5.82 Å². The summed E-state index contributed by atoms with van der Waals surface area (Å²) in [5.74, 6) is -0.0527. The number of nitrogens with zero attached hydrogens (tertiary/aromatic N) is 1. The second-order valence-corrected chi connectivity index (χ2v) is 5.34. The van der Waals surface area contributed by atoms with Gasteiger partial charge in [-0.3, -0.25) is 9.78 Å². The number of thioether (sulfide) groups is 1. The van der Waals surface area contributed by atoms with E-state index in [1.54, 1.807) is 18.3 Å². The minimum Gasteiger partial charge on any atom is -0.347 e. The fraction of sp³-hybridized carbons (Fsp3) is 0.200. The summed E-state index contributed by atoms with van der Waals surface area (Å²) in [5, 5.41) is 2.88. The first-order valence-electron chi connectivity index (χ1n) is 6.24. The van der Waals surface area contributed by atoms with Crippen LogP contribution in [0.4, 0.5) is 4.39 Å². The molecule has 0 saturated heterocycles. The van der Waals surface area contributed by atoms with Crippen LogP contribution in [-0.2, 0) is 4.79 Å². The normalized spacial score (nSPS) is 11.9. The molecule has 0 fully saturated rings. The Hall–Kier alpha value is -1.88. The van der Waals surface area contributed by atoms with Crippen molar-refractivity contribution in [3.05, 3.63) is 60.2 Å². The van der Waals surface area contributed by atoms with Crippen LogP contribution in [0.2, 0.25) is 0 Å². The van der Waals surface area contributed by atoms with Crippen molar-refractivity contribution < 1.29 is 9.18 Å². The van der Waals surface area contributed by atoms with Crippen LogP contribution >= 0.6 is 11.8 Å². The molecule has 2 aromatic rings. The Bertz CT molecular complexity index is 560. The van der Waals surface area contributed by atoms with Crippen molar-refractivity contribution in [2.75, 3.05) is 5.75 Å². The van der Waals surface area contributed by atoms with Crippen LogP contribution in [0.5, 0.6) is 0 Å². The van der Waals surface area contributed by atoms with Crippen molar-refractivity contribution in [1.29, 1.82) is 0 Å². The largest absolute Gasteiger partial charge is 0.347 e. The van der Waals surface area contributed by atoms with Crippen molar-refractivity contribution in [2.45, 2.75) is 17.9 Å². The zero-order valence-corrected chi connectivity index (χ0v) is 11.9. The second kappa shape index (κ2) is 7.05. The highest BCUT2D eigenvalue weighted by molar-refractivity contribution is 8.00. The zero-order valence-electron chi connectivity index (χ0n) is 11.0. The molecule has 1 aromatic heterocycles. The third-order valence-electron chi connectivity index (χ3n) is 2.69. The lowest BCUT2D eigenvalue weighted by molar-refractivity contribution is -0.119. The summed E-state index contributed by atoms with van der Waals surface area (Å²) in [4.78, 5) is 16.9. The van der Waals surface area contributed by atoms with Gasteiger partial charge in [0.05, 0.1) is 17.5 Å². The first kappa shape index (κ1) is 14.5. The first-order chi connectivity index (χ1) is 9.65. The summed E-state index contributed by atoms with van der Waals surface area (Å²) in [7, 11) is 0. The first-order valence-corrected chi connectivity index (χ1v) is 7.22. The summed E-state index contributed by atoms with van der Waals surface area (Å²) in [6, 6.07) is 11.6. The molecule has 0 spiro atoms. The van der Waals surface area contributed by atoms with Gasteiger partial charge in [-0.15, -0.1) is 11.8 Å². The van der Waals surface area contributed by atoms with E-state index < -0.39 is 0 Å². The minimum absolute atomic E-state index is 0.0718. The predicted molar refractivity (Wildman–Crippen MR) is 77.9 cm³/mol. The minimum atomic E-state index is -0.275. The van der Waals surface area contributed by atoms with Crippen molar-refractivity contribution in [2.24, 2.45) is 0 Å². The zero-order chi connectivity index (χ0) is 14.4. The second-order valence-electron chi connectivity index (χ2n) is 4.29. The van der Waals surface area contributed by atoms with Gasteiger partial charge in [0.15, 0.2) is 0 Å². The summed E-state index contributed by atoms with van der Waals surface area (Å²) >= 11 is 1.38. The van der Waals surface area contributed by atoms with Gasteiger partial charge in [0.2, 0.25) is 5.91 Å². The maximum atomic E-state index is 12.7. The van der Waals surface area contributed by atoms with Gasteiger partial charge in [-0.25, -0.2) is 4.39 Å². The molecule has 104 valence electrons. The molecule has 1 atom stereocenters. The summed E-state index contributed by atoms with van der Waals surface area (Å²) in [6.45, 7) is 1.89. The maximum absolute atomic E-state index is 12.7. The fourth-order valence-corrected chi connectivity index (χ4v) is 2.38. The molecule has 0 radical (unpaired) electrons. The SMILES string of the molecule is CC(NC(=O)CSc1ccc(F)cc1)c1ccccn1. The molecule has 1 aromatic carbocycles. The van der Waals surface area contributed by atoms with E-state index in [1.165, 1.54) is 23.9 Å². The van der Waals surface area contributed by atoms with Crippen molar-refractivity contribution in [3.8, 4) is 0 Å². The van der Waals surface area contributed by atoms with E-state index in [9.17, 15) is 9.18 Å². The molecule has 1 unspecified atom stereocenters. The Morgan fingerprint density at radius 2 is 2.05 bits per heavy atom. The Labute approximate surface area is 121 Å². The molecule has 3 nitrogen and oxygen atoms in total. The molecule has 0 aliphatic heterocycles. The Morgan fingerprint density at radius 3 is 2.70 bits per heavy atom. The van der Waals surface area contributed by atoms with Gasteiger partial charge in [-0.1, -0.05) is 6.07 Å². The number of amides is 1. The number of carbonyl (C=O) groups is 1. The fourth-order valence-electron chi connectivity index (χ4n) is 1.67. The van der Waals surface area contributed by atoms with E-state index in [0.717, 1.165) is 10.6 Å². The molecule has 0 saturated carbocycles. The van der Waals surface area contributed by atoms with Crippen LogP contribution in [0.1, 0.15) is 18.7 Å². The lowest BCUT2D eigenvalue weighted by atomic mass is 10.2. The topological polar surface area (TPSA) is 42.0 Å². The Kier molecular flexibility index (Phi) is 5.12. The predicted octanol–water partition coefficient (Wildman–Crippen LogP) is 3.19. The quantitative estimate of drug-likeness (QED) is 0.860. The number of halogens is 1. The number of benzene rings is 1. The molecule has 0 aliphatic carbocycles. The molecule has 5 heteroatoms. The highest BCUT2D eigenvalue weighted by atomic mass is 32.2. The van der Waals surface area contributed by atoms with E-state index in [-0.39, 0.29) is 17.8 Å². The van der Waals surface area contributed by atoms with Crippen molar-refractivity contribution in [3.63, 3.8) is 0 Å². The molecular weight excluding hydrogens is 275 g/mol. The van der Waals surface area contributed by atoms with E-state index in [2.05, 4.69) is 10.3 Å². The van der Waals surface area contributed by atoms with Gasteiger partial charge in [0.25, 0.3) is 0 Å². The van der Waals surface area contributed by atoms with Crippen LogP contribution in [0, 0.1) is 5.82 Å². The van der Waals surface area contributed by atoms with E-state index in [0.29, 0.717) is 5.75 Å². The molecule has 0 aliphatic rings. The highest BCUT2D eigenvalue weighted by Crippen LogP contribution is 2.18. The number of rotatable bonds is 5. The molecule has 2 rings (SSSR count). The van der Waals surface area contributed by atoms with E-state index >= 15 is 0 Å². The highest BCUT2D eigenvalue weighted by Gasteiger charge is 2.10. The van der Waals surface area contributed by atoms with Crippen LogP contribution in [0.3, 0.4) is 0 Å². The number of hydrogen-bond donors (Lipinski definition) is 1. The van der Waals surface area contributed by atoms with Gasteiger partial charge < -0.3 is 5.32 Å². The van der Waals surface area contributed by atoms with Gasteiger partial charge in [0, 0.05) is 11.1 Å². The summed E-state index contributed by atoms with van der Waals surface area (Å²) in [5.41, 5.74) is 0.827. The Balaban J connectivity index is 1.82. The van der Waals surface area contributed by atoms with Crippen LogP contribution in [0.15, 0.2) is 53.6 Å². The number of pyridine rings is 1. The summed E-state index contributed by atoms with van der Waals surface area (Å²) < 4.78 is 12.7. The standard InChI is InChI=1S/C15H15FN2OS/c1-11(14-4-2-3-9-17-14)18-15(19)10-20-13-7-5-12(16)6-8-13/h2-9,11H,10H2,1H3,(H,18,19). The molecule has 0 bridgehead atoms. The lowest BCUT2D eigenvalue weighted by Gasteiger charge is -2.13. The van der Waals surface area contributed by atoms with Crippen LogP contribution in [-0.4, -0.2) is 16.6 Å². The number of carbonyl (C=O) groups excluding carboxylic acids is 1. The third kappa shape index (κ3) is 4.35. The molecular formula is C15H15FN2OS. The number of hydrogen-bond acceptors (Lipinski definition) is 3. The number of aromatic nitrogens is 1. The van der Waals surface area contributed by atoms with Gasteiger partial charge >= 0.3 is 0 Å². The Morgan fingerprint density at radius 1 is 1.30 bits per heavy atom. The average molecular weight is 290 g/mol. The molecule has 1 amide bonds. The van der Waals surface area contributed by atoms with E-state index in [1.807, 2.05) is 25.1 Å². The third-order valence-corrected chi connectivity index (χ3v) is 3.70. The van der Waals surface area contributed by atoms with Gasteiger partial charge in [-0.2, -0.15) is 0 Å². The maximum Gasteiger partial charge on any atom is 0.230 e. The van der Waals surface area contributed by atoms with Crippen LogP contribution in [0.25, 0.3) is 0 Å². The van der Waals surface area contributed by atoms with Gasteiger partial charge in [-0.05, 0) is 43.3 Å². The summed E-state index contributed by atoms with van der Waals surface area (Å²) in [6.07, 6.45) is 1.70. The monoisotopic (exact) mass is 290 g/mol.